The number of sulfonamides is 1. The molecule has 3 N–H and O–H groups in total. The minimum atomic E-state index is -3.27. The second kappa shape index (κ2) is 7.99. The molecule has 2 aliphatic heterocycles. The Bertz CT molecular complexity index is 758. The molecule has 0 aromatic heterocycles. The van der Waals surface area contributed by atoms with Gasteiger partial charge in [-0.15, -0.1) is 0 Å². The van der Waals surface area contributed by atoms with Gasteiger partial charge in [0.2, 0.25) is 15.9 Å². The summed E-state index contributed by atoms with van der Waals surface area (Å²) in [4.78, 5) is 12.6. The van der Waals surface area contributed by atoms with Crippen molar-refractivity contribution < 1.29 is 17.6 Å². The predicted molar refractivity (Wildman–Crippen MR) is 95.7 cm³/mol. The number of halogens is 1. The van der Waals surface area contributed by atoms with E-state index < -0.39 is 10.0 Å². The van der Waals surface area contributed by atoms with Gasteiger partial charge < -0.3 is 5.32 Å². The minimum absolute atomic E-state index is 0.0464. The number of piperidine rings is 1. The summed E-state index contributed by atoms with van der Waals surface area (Å²) < 4.78 is 38.8. The van der Waals surface area contributed by atoms with E-state index >= 15 is 0 Å². The number of carbonyl (C=O) groups is 1. The molecule has 9 heteroatoms. The van der Waals surface area contributed by atoms with Crippen LogP contribution in [-0.2, 0) is 14.8 Å². The van der Waals surface area contributed by atoms with Gasteiger partial charge >= 0.3 is 0 Å². The number of hydrogen-bond donors (Lipinski definition) is 3. The van der Waals surface area contributed by atoms with Crippen LogP contribution in [0.4, 0.5) is 4.39 Å². The second-order valence-electron chi connectivity index (χ2n) is 6.79. The summed E-state index contributed by atoms with van der Waals surface area (Å²) in [7, 11) is -3.27. The lowest BCUT2D eigenvalue weighted by Crippen LogP contribution is -2.50. The van der Waals surface area contributed by atoms with Crippen LogP contribution < -0.4 is 16.2 Å². The topological polar surface area (TPSA) is 90.5 Å². The first-order valence-electron chi connectivity index (χ1n) is 8.93. The van der Waals surface area contributed by atoms with E-state index in [2.05, 4.69) is 16.2 Å². The van der Waals surface area contributed by atoms with E-state index in [-0.39, 0.29) is 42.1 Å². The SMILES string of the molecule is CCS(=O)(=O)N1CCCC(C(=O)NC2CC(c3cccc(F)c3)NN2)C1. The molecule has 144 valence electrons. The Hall–Kier alpha value is -1.55. The van der Waals surface area contributed by atoms with Crippen LogP contribution in [-0.4, -0.2) is 43.6 Å². The van der Waals surface area contributed by atoms with Gasteiger partial charge in [-0.25, -0.2) is 28.0 Å². The normalized spacial score (nSPS) is 27.4. The van der Waals surface area contributed by atoms with Crippen LogP contribution in [0.1, 0.15) is 37.8 Å². The summed E-state index contributed by atoms with van der Waals surface area (Å²) in [5.41, 5.74) is 6.89. The van der Waals surface area contributed by atoms with Crippen molar-refractivity contribution in [2.75, 3.05) is 18.8 Å². The zero-order chi connectivity index (χ0) is 18.7. The molecule has 2 aliphatic rings. The number of amides is 1. The molecule has 3 atom stereocenters. The molecule has 0 aliphatic carbocycles. The van der Waals surface area contributed by atoms with Gasteiger partial charge in [0.15, 0.2) is 0 Å². The Morgan fingerprint density at radius 1 is 1.38 bits per heavy atom. The Kier molecular flexibility index (Phi) is 5.91. The summed E-state index contributed by atoms with van der Waals surface area (Å²) in [5, 5.41) is 2.93. The van der Waals surface area contributed by atoms with Crippen LogP contribution in [0.5, 0.6) is 0 Å². The van der Waals surface area contributed by atoms with Crippen LogP contribution in [0.2, 0.25) is 0 Å². The first-order chi connectivity index (χ1) is 12.4. The number of nitrogens with one attached hydrogen (secondary N) is 3. The number of hydrazine groups is 1. The molecular formula is C17H25FN4O3S. The lowest BCUT2D eigenvalue weighted by atomic mass is 9.98. The monoisotopic (exact) mass is 384 g/mol. The van der Waals surface area contributed by atoms with E-state index in [0.29, 0.717) is 25.8 Å². The van der Waals surface area contributed by atoms with Gasteiger partial charge in [-0.2, -0.15) is 0 Å². The highest BCUT2D eigenvalue weighted by molar-refractivity contribution is 7.89. The van der Waals surface area contributed by atoms with Gasteiger partial charge in [-0.1, -0.05) is 12.1 Å². The van der Waals surface area contributed by atoms with Gasteiger partial charge in [0.25, 0.3) is 0 Å². The molecule has 0 bridgehead atoms. The average molecular weight is 384 g/mol. The summed E-state index contributed by atoms with van der Waals surface area (Å²) >= 11 is 0. The van der Waals surface area contributed by atoms with Crippen LogP contribution in [0, 0.1) is 11.7 Å². The number of hydrogen-bond acceptors (Lipinski definition) is 5. The number of benzene rings is 1. The predicted octanol–water partition coefficient (Wildman–Crippen LogP) is 0.869. The van der Waals surface area contributed by atoms with Crippen molar-refractivity contribution in [2.24, 2.45) is 5.92 Å². The highest BCUT2D eigenvalue weighted by Gasteiger charge is 2.33. The smallest absolute Gasteiger partial charge is 0.225 e. The van der Waals surface area contributed by atoms with Crippen LogP contribution in [0.15, 0.2) is 24.3 Å². The summed E-state index contributed by atoms with van der Waals surface area (Å²) in [6.45, 7) is 2.32. The summed E-state index contributed by atoms with van der Waals surface area (Å²) in [6.07, 6.45) is 1.65. The highest BCUT2D eigenvalue weighted by atomic mass is 32.2. The number of carbonyl (C=O) groups excluding carboxylic acids is 1. The zero-order valence-electron chi connectivity index (χ0n) is 14.7. The fourth-order valence-electron chi connectivity index (χ4n) is 3.47. The first kappa shape index (κ1) is 19.2. The maximum Gasteiger partial charge on any atom is 0.225 e. The van der Waals surface area contributed by atoms with Gasteiger partial charge in [0.1, 0.15) is 5.82 Å². The maximum atomic E-state index is 13.4. The third-order valence-corrected chi connectivity index (χ3v) is 6.83. The lowest BCUT2D eigenvalue weighted by Gasteiger charge is -2.31. The van der Waals surface area contributed by atoms with Gasteiger partial charge in [-0.3, -0.25) is 4.79 Å². The van der Waals surface area contributed by atoms with Crippen molar-refractivity contribution in [3.05, 3.63) is 35.6 Å². The fraction of sp³-hybridized carbons (Fsp3) is 0.588. The Labute approximate surface area is 153 Å². The number of rotatable bonds is 5. The standard InChI is InChI=1S/C17H25FN4O3S/c1-2-26(24,25)22-8-4-6-13(11-22)17(23)19-16-10-15(20-21-16)12-5-3-7-14(18)9-12/h3,5,7,9,13,15-16,20-21H,2,4,6,8,10-11H2,1H3,(H,19,23). The Balaban J connectivity index is 1.55. The number of nitrogens with zero attached hydrogens (tertiary/aromatic N) is 1. The van der Waals surface area contributed by atoms with Crippen LogP contribution in [0.25, 0.3) is 0 Å². The van der Waals surface area contributed by atoms with Gasteiger partial charge in [-0.05, 0) is 37.5 Å². The van der Waals surface area contributed by atoms with Crippen molar-refractivity contribution in [2.45, 2.75) is 38.4 Å². The quantitative estimate of drug-likeness (QED) is 0.701. The molecule has 3 rings (SSSR count). The molecule has 0 saturated carbocycles. The molecule has 0 spiro atoms. The highest BCUT2D eigenvalue weighted by Crippen LogP contribution is 2.23. The van der Waals surface area contributed by atoms with Crippen molar-refractivity contribution in [3.8, 4) is 0 Å². The van der Waals surface area contributed by atoms with E-state index in [1.54, 1.807) is 13.0 Å². The molecule has 0 radical (unpaired) electrons. The molecule has 7 nitrogen and oxygen atoms in total. The maximum absolute atomic E-state index is 13.4. The van der Waals surface area contributed by atoms with E-state index in [4.69, 9.17) is 0 Å². The third kappa shape index (κ3) is 4.40. The largest absolute Gasteiger partial charge is 0.339 e. The van der Waals surface area contributed by atoms with Gasteiger partial charge in [0.05, 0.1) is 17.8 Å². The summed E-state index contributed by atoms with van der Waals surface area (Å²) in [6, 6.07) is 6.26. The minimum Gasteiger partial charge on any atom is -0.339 e. The van der Waals surface area contributed by atoms with E-state index in [9.17, 15) is 17.6 Å². The average Bonchev–Trinajstić information content (AvgIpc) is 3.10. The molecule has 1 amide bonds. The first-order valence-corrected chi connectivity index (χ1v) is 10.5. The van der Waals surface area contributed by atoms with Crippen LogP contribution in [0.3, 0.4) is 0 Å². The van der Waals surface area contributed by atoms with Crippen LogP contribution >= 0.6 is 0 Å². The fourth-order valence-corrected chi connectivity index (χ4v) is 4.65. The van der Waals surface area contributed by atoms with E-state index in [1.165, 1.54) is 16.4 Å². The molecular weight excluding hydrogens is 359 g/mol. The zero-order valence-corrected chi connectivity index (χ0v) is 15.6. The Morgan fingerprint density at radius 3 is 2.92 bits per heavy atom. The van der Waals surface area contributed by atoms with Crippen molar-refractivity contribution >= 4 is 15.9 Å². The molecule has 1 aromatic rings. The molecule has 3 unspecified atom stereocenters. The molecule has 26 heavy (non-hydrogen) atoms. The second-order valence-corrected chi connectivity index (χ2v) is 9.05. The van der Waals surface area contributed by atoms with Crippen molar-refractivity contribution in [1.82, 2.24) is 20.5 Å². The third-order valence-electron chi connectivity index (χ3n) is 4.98. The molecule has 2 heterocycles. The van der Waals surface area contributed by atoms with Gasteiger partial charge in [0, 0.05) is 25.6 Å². The van der Waals surface area contributed by atoms with Crippen molar-refractivity contribution in [3.63, 3.8) is 0 Å². The van der Waals surface area contributed by atoms with E-state index in [0.717, 1.165) is 5.56 Å². The van der Waals surface area contributed by atoms with E-state index in [1.807, 2.05) is 6.07 Å². The van der Waals surface area contributed by atoms with Crippen molar-refractivity contribution in [1.29, 1.82) is 0 Å². The molecule has 2 fully saturated rings. The lowest BCUT2D eigenvalue weighted by molar-refractivity contribution is -0.126. The molecule has 1 aromatic carbocycles. The Morgan fingerprint density at radius 2 is 2.19 bits per heavy atom. The summed E-state index contributed by atoms with van der Waals surface area (Å²) in [5.74, 6) is -0.749. The molecule has 2 saturated heterocycles.